The standard InChI is InChI=1S/C17H27N5O2/c1-9(2)6-13-17(23)21-14-15(20-13)18-12(5)19-16(14)22-7-10(3)24-11(4)8-22/h9-11,13H,6-8H2,1-5H3,(H,21,23)(H,18,19,20). The fourth-order valence-electron chi connectivity index (χ4n) is 3.44. The lowest BCUT2D eigenvalue weighted by molar-refractivity contribution is -0.117. The molecule has 3 atom stereocenters. The second-order valence-corrected chi connectivity index (χ2v) is 7.30. The molecule has 1 amide bonds. The van der Waals surface area contributed by atoms with Crippen LogP contribution in [0.15, 0.2) is 0 Å². The van der Waals surface area contributed by atoms with Gasteiger partial charge in [0.2, 0.25) is 5.91 Å². The number of carbonyl (C=O) groups is 1. The molecule has 1 aromatic heterocycles. The van der Waals surface area contributed by atoms with Gasteiger partial charge in [0.15, 0.2) is 11.6 Å². The molecule has 24 heavy (non-hydrogen) atoms. The summed E-state index contributed by atoms with van der Waals surface area (Å²) in [5.74, 6) is 2.61. The number of carbonyl (C=O) groups excluding carboxylic acids is 1. The summed E-state index contributed by atoms with van der Waals surface area (Å²) in [6, 6.07) is -0.248. The number of amides is 1. The van der Waals surface area contributed by atoms with Gasteiger partial charge in [0.1, 0.15) is 17.6 Å². The zero-order chi connectivity index (χ0) is 17.4. The van der Waals surface area contributed by atoms with E-state index in [4.69, 9.17) is 4.74 Å². The molecule has 132 valence electrons. The van der Waals surface area contributed by atoms with Gasteiger partial charge in [0.05, 0.1) is 12.2 Å². The van der Waals surface area contributed by atoms with Gasteiger partial charge in [-0.25, -0.2) is 9.97 Å². The zero-order valence-corrected chi connectivity index (χ0v) is 15.1. The van der Waals surface area contributed by atoms with Crippen molar-refractivity contribution in [2.75, 3.05) is 28.6 Å². The van der Waals surface area contributed by atoms with E-state index in [9.17, 15) is 4.79 Å². The molecule has 0 radical (unpaired) electrons. The van der Waals surface area contributed by atoms with Crippen molar-refractivity contribution >= 4 is 23.2 Å². The molecule has 1 aromatic rings. The first-order valence-corrected chi connectivity index (χ1v) is 8.70. The van der Waals surface area contributed by atoms with Gasteiger partial charge >= 0.3 is 0 Å². The number of hydrogen-bond acceptors (Lipinski definition) is 6. The van der Waals surface area contributed by atoms with Crippen LogP contribution in [0.25, 0.3) is 0 Å². The molecule has 2 N–H and O–H groups in total. The van der Waals surface area contributed by atoms with Crippen LogP contribution in [-0.4, -0.2) is 47.2 Å². The number of fused-ring (bicyclic) bond motifs is 1. The Morgan fingerprint density at radius 2 is 1.92 bits per heavy atom. The minimum atomic E-state index is -0.248. The molecule has 7 heteroatoms. The molecule has 1 saturated heterocycles. The van der Waals surface area contributed by atoms with Gasteiger partial charge in [-0.2, -0.15) is 0 Å². The number of nitrogens with zero attached hydrogens (tertiary/aromatic N) is 3. The maximum Gasteiger partial charge on any atom is 0.247 e. The van der Waals surface area contributed by atoms with Crippen LogP contribution >= 0.6 is 0 Å². The van der Waals surface area contributed by atoms with Crippen molar-refractivity contribution < 1.29 is 9.53 Å². The molecule has 3 rings (SSSR count). The van der Waals surface area contributed by atoms with Crippen molar-refractivity contribution in [3.05, 3.63) is 5.82 Å². The summed E-state index contributed by atoms with van der Waals surface area (Å²) in [5.41, 5.74) is 0.687. The van der Waals surface area contributed by atoms with Crippen LogP contribution in [0.5, 0.6) is 0 Å². The highest BCUT2D eigenvalue weighted by molar-refractivity contribution is 6.05. The van der Waals surface area contributed by atoms with Crippen molar-refractivity contribution in [3.63, 3.8) is 0 Å². The molecule has 0 aliphatic carbocycles. The highest BCUT2D eigenvalue weighted by Gasteiger charge is 2.33. The molecular formula is C17H27N5O2. The Labute approximate surface area is 143 Å². The molecule has 1 fully saturated rings. The molecular weight excluding hydrogens is 306 g/mol. The van der Waals surface area contributed by atoms with Gasteiger partial charge in [0.25, 0.3) is 0 Å². The second kappa shape index (κ2) is 6.55. The number of anilines is 3. The fourth-order valence-corrected chi connectivity index (χ4v) is 3.44. The number of hydrogen-bond donors (Lipinski definition) is 2. The Morgan fingerprint density at radius 1 is 1.25 bits per heavy atom. The van der Waals surface area contributed by atoms with Crippen LogP contribution in [-0.2, 0) is 9.53 Å². The maximum atomic E-state index is 12.5. The molecule has 3 unspecified atom stereocenters. The lowest BCUT2D eigenvalue weighted by Gasteiger charge is -2.38. The Balaban J connectivity index is 1.93. The third-order valence-electron chi connectivity index (χ3n) is 4.30. The third kappa shape index (κ3) is 3.45. The lowest BCUT2D eigenvalue weighted by Crippen LogP contribution is -2.47. The van der Waals surface area contributed by atoms with E-state index in [0.717, 1.165) is 31.1 Å². The molecule has 0 aromatic carbocycles. The minimum Gasteiger partial charge on any atom is -0.372 e. The van der Waals surface area contributed by atoms with E-state index < -0.39 is 0 Å². The van der Waals surface area contributed by atoms with E-state index in [2.05, 4.69) is 53.2 Å². The average molecular weight is 333 g/mol. The van der Waals surface area contributed by atoms with Gasteiger partial charge in [-0.1, -0.05) is 13.8 Å². The molecule has 0 spiro atoms. The highest BCUT2D eigenvalue weighted by Crippen LogP contribution is 2.35. The van der Waals surface area contributed by atoms with Gasteiger partial charge in [-0.05, 0) is 33.1 Å². The van der Waals surface area contributed by atoms with Crippen LogP contribution < -0.4 is 15.5 Å². The van der Waals surface area contributed by atoms with Gasteiger partial charge < -0.3 is 20.3 Å². The molecule has 0 bridgehead atoms. The van der Waals surface area contributed by atoms with E-state index in [1.807, 2.05) is 6.92 Å². The normalized spacial score (nSPS) is 26.8. The number of aromatic nitrogens is 2. The van der Waals surface area contributed by atoms with Crippen molar-refractivity contribution in [1.82, 2.24) is 9.97 Å². The molecule has 3 heterocycles. The van der Waals surface area contributed by atoms with Crippen LogP contribution in [0.3, 0.4) is 0 Å². The minimum absolute atomic E-state index is 0.0146. The van der Waals surface area contributed by atoms with E-state index in [1.54, 1.807) is 0 Å². The number of morpholine rings is 1. The monoisotopic (exact) mass is 333 g/mol. The van der Waals surface area contributed by atoms with Gasteiger partial charge in [0, 0.05) is 13.1 Å². The third-order valence-corrected chi connectivity index (χ3v) is 4.30. The summed E-state index contributed by atoms with van der Waals surface area (Å²) in [6.45, 7) is 11.7. The summed E-state index contributed by atoms with van der Waals surface area (Å²) in [7, 11) is 0. The summed E-state index contributed by atoms with van der Waals surface area (Å²) >= 11 is 0. The Morgan fingerprint density at radius 3 is 2.54 bits per heavy atom. The summed E-state index contributed by atoms with van der Waals surface area (Å²) in [4.78, 5) is 23.8. The maximum absolute atomic E-state index is 12.5. The molecule has 7 nitrogen and oxygen atoms in total. The van der Waals surface area contributed by atoms with Gasteiger partial charge in [-0.3, -0.25) is 4.79 Å². The predicted molar refractivity (Wildman–Crippen MR) is 94.5 cm³/mol. The van der Waals surface area contributed by atoms with Crippen molar-refractivity contribution in [1.29, 1.82) is 0 Å². The predicted octanol–water partition coefficient (Wildman–Crippen LogP) is 2.18. The first kappa shape index (κ1) is 17.0. The molecule has 2 aliphatic heterocycles. The van der Waals surface area contributed by atoms with E-state index in [0.29, 0.717) is 17.4 Å². The van der Waals surface area contributed by atoms with Crippen LogP contribution in [0.2, 0.25) is 0 Å². The zero-order valence-electron chi connectivity index (χ0n) is 15.1. The summed E-state index contributed by atoms with van der Waals surface area (Å²) < 4.78 is 5.81. The quantitative estimate of drug-likeness (QED) is 0.882. The Kier molecular flexibility index (Phi) is 4.62. The lowest BCUT2D eigenvalue weighted by atomic mass is 10.0. The topological polar surface area (TPSA) is 79.4 Å². The summed E-state index contributed by atoms with van der Waals surface area (Å²) in [5, 5.41) is 6.33. The SMILES string of the molecule is Cc1nc2c(c(N3CC(C)OC(C)C3)n1)NC(=O)C(CC(C)C)N2. The average Bonchev–Trinajstić information content (AvgIpc) is 2.46. The smallest absolute Gasteiger partial charge is 0.247 e. The number of rotatable bonds is 3. The molecule has 0 saturated carbocycles. The largest absolute Gasteiger partial charge is 0.372 e. The Hall–Kier alpha value is -1.89. The number of aryl methyl sites for hydroxylation is 1. The second-order valence-electron chi connectivity index (χ2n) is 7.30. The van der Waals surface area contributed by atoms with Crippen LogP contribution in [0.4, 0.5) is 17.3 Å². The highest BCUT2D eigenvalue weighted by atomic mass is 16.5. The van der Waals surface area contributed by atoms with Crippen molar-refractivity contribution in [2.24, 2.45) is 5.92 Å². The Bertz CT molecular complexity index is 624. The van der Waals surface area contributed by atoms with E-state index >= 15 is 0 Å². The number of nitrogens with one attached hydrogen (secondary N) is 2. The fraction of sp³-hybridized carbons (Fsp3) is 0.706. The molecule has 2 aliphatic rings. The van der Waals surface area contributed by atoms with E-state index in [1.165, 1.54) is 0 Å². The first-order chi connectivity index (χ1) is 11.3. The first-order valence-electron chi connectivity index (χ1n) is 8.70. The number of ether oxygens (including phenoxy) is 1. The summed E-state index contributed by atoms with van der Waals surface area (Å²) in [6.07, 6.45) is 1.02. The van der Waals surface area contributed by atoms with Crippen LogP contribution in [0.1, 0.15) is 39.9 Å². The van der Waals surface area contributed by atoms with E-state index in [-0.39, 0.29) is 24.2 Å². The van der Waals surface area contributed by atoms with Gasteiger partial charge in [-0.15, -0.1) is 0 Å². The van der Waals surface area contributed by atoms with Crippen molar-refractivity contribution in [2.45, 2.75) is 59.3 Å². The van der Waals surface area contributed by atoms with Crippen molar-refractivity contribution in [3.8, 4) is 0 Å². The van der Waals surface area contributed by atoms with Crippen LogP contribution in [0, 0.1) is 12.8 Å².